The van der Waals surface area contributed by atoms with E-state index in [9.17, 15) is 0 Å². The number of benzene rings is 2. The summed E-state index contributed by atoms with van der Waals surface area (Å²) in [6.07, 6.45) is 0. The molecule has 18 heavy (non-hydrogen) atoms. The van der Waals surface area contributed by atoms with Crippen LogP contribution in [0, 0.1) is 13.8 Å². The highest BCUT2D eigenvalue weighted by molar-refractivity contribution is 7.80. The molecule has 1 heterocycles. The van der Waals surface area contributed by atoms with E-state index >= 15 is 0 Å². The quantitative estimate of drug-likeness (QED) is 0.650. The zero-order valence-electron chi connectivity index (χ0n) is 10.8. The Hall–Kier alpha value is -1.41. The number of thiol groups is 1. The van der Waals surface area contributed by atoms with Gasteiger partial charge in [-0.05, 0) is 38.1 Å². The van der Waals surface area contributed by atoms with Crippen molar-refractivity contribution in [2.24, 2.45) is 0 Å². The van der Waals surface area contributed by atoms with Crippen LogP contribution < -0.4 is 0 Å². The molecule has 1 aromatic heterocycles. The zero-order valence-corrected chi connectivity index (χ0v) is 11.7. The van der Waals surface area contributed by atoms with Crippen LogP contribution in [0.1, 0.15) is 11.1 Å². The second-order valence-corrected chi connectivity index (χ2v) is 5.36. The molecule has 0 aliphatic heterocycles. The molecular formula is C16H17NS. The van der Waals surface area contributed by atoms with Gasteiger partial charge in [-0.3, -0.25) is 0 Å². The van der Waals surface area contributed by atoms with E-state index in [0.29, 0.717) is 0 Å². The van der Waals surface area contributed by atoms with Gasteiger partial charge in [0.05, 0.1) is 0 Å². The van der Waals surface area contributed by atoms with Crippen molar-refractivity contribution in [2.45, 2.75) is 20.4 Å². The average Bonchev–Trinajstić information content (AvgIpc) is 2.64. The van der Waals surface area contributed by atoms with Gasteiger partial charge in [-0.1, -0.05) is 23.3 Å². The first-order valence-electron chi connectivity index (χ1n) is 6.31. The molecule has 2 aromatic carbocycles. The number of aromatic nitrogens is 1. The highest BCUT2D eigenvalue weighted by Crippen LogP contribution is 2.30. The molecule has 0 bridgehead atoms. The van der Waals surface area contributed by atoms with Crippen LogP contribution in [0.25, 0.3) is 21.8 Å². The number of hydrogen-bond donors (Lipinski definition) is 1. The highest BCUT2D eigenvalue weighted by Gasteiger charge is 2.09. The molecule has 0 aliphatic carbocycles. The Morgan fingerprint density at radius 2 is 1.39 bits per heavy atom. The molecule has 0 saturated heterocycles. The molecule has 3 rings (SSSR count). The van der Waals surface area contributed by atoms with Crippen molar-refractivity contribution in [1.82, 2.24) is 4.57 Å². The fourth-order valence-electron chi connectivity index (χ4n) is 2.67. The molecule has 0 atom stereocenters. The number of fused-ring (bicyclic) bond motifs is 3. The van der Waals surface area contributed by atoms with Crippen LogP contribution in [-0.2, 0) is 6.54 Å². The first-order chi connectivity index (χ1) is 8.70. The molecule has 0 radical (unpaired) electrons. The number of rotatable bonds is 2. The first kappa shape index (κ1) is 11.7. The molecule has 0 spiro atoms. The summed E-state index contributed by atoms with van der Waals surface area (Å²) >= 11 is 4.38. The highest BCUT2D eigenvalue weighted by atomic mass is 32.1. The molecule has 0 fully saturated rings. The second kappa shape index (κ2) is 4.36. The van der Waals surface area contributed by atoms with Crippen LogP contribution in [-0.4, -0.2) is 10.3 Å². The van der Waals surface area contributed by atoms with Crippen LogP contribution in [0.2, 0.25) is 0 Å². The molecule has 0 N–H and O–H groups in total. The van der Waals surface area contributed by atoms with Gasteiger partial charge < -0.3 is 4.57 Å². The van der Waals surface area contributed by atoms with Crippen molar-refractivity contribution in [2.75, 3.05) is 5.75 Å². The van der Waals surface area contributed by atoms with Gasteiger partial charge in [-0.2, -0.15) is 12.6 Å². The summed E-state index contributed by atoms with van der Waals surface area (Å²) in [7, 11) is 0. The Labute approximate surface area is 113 Å². The molecule has 0 amide bonds. The SMILES string of the molecule is Cc1ccc2c(c1)c1cc(C)ccc1n2CCS. The van der Waals surface area contributed by atoms with Gasteiger partial charge in [0.1, 0.15) is 0 Å². The summed E-state index contributed by atoms with van der Waals surface area (Å²) in [6.45, 7) is 5.25. The molecular weight excluding hydrogens is 238 g/mol. The van der Waals surface area contributed by atoms with E-state index in [1.165, 1.54) is 32.9 Å². The van der Waals surface area contributed by atoms with Crippen LogP contribution in [0.15, 0.2) is 36.4 Å². The summed E-state index contributed by atoms with van der Waals surface area (Å²) in [5, 5.41) is 2.71. The number of hydrogen-bond acceptors (Lipinski definition) is 1. The normalized spacial score (nSPS) is 11.5. The van der Waals surface area contributed by atoms with E-state index in [4.69, 9.17) is 0 Å². The first-order valence-corrected chi connectivity index (χ1v) is 6.94. The van der Waals surface area contributed by atoms with Crippen molar-refractivity contribution in [3.63, 3.8) is 0 Å². The van der Waals surface area contributed by atoms with E-state index in [1.807, 2.05) is 0 Å². The maximum Gasteiger partial charge on any atom is 0.0491 e. The molecule has 0 aliphatic rings. The minimum atomic E-state index is 0.862. The standard InChI is InChI=1S/C16H17NS/c1-11-3-5-15-13(9-11)14-10-12(2)4-6-16(14)17(15)7-8-18/h3-6,9-10,18H,7-8H2,1-2H3. The Bertz CT molecular complexity index is 665. The van der Waals surface area contributed by atoms with Crippen LogP contribution >= 0.6 is 12.6 Å². The molecule has 0 saturated carbocycles. The van der Waals surface area contributed by atoms with Gasteiger partial charge in [-0.15, -0.1) is 0 Å². The van der Waals surface area contributed by atoms with Crippen LogP contribution in [0.5, 0.6) is 0 Å². The zero-order chi connectivity index (χ0) is 12.7. The second-order valence-electron chi connectivity index (χ2n) is 4.92. The minimum Gasteiger partial charge on any atom is -0.340 e. The maximum absolute atomic E-state index is 4.38. The van der Waals surface area contributed by atoms with Gasteiger partial charge in [0.15, 0.2) is 0 Å². The fraction of sp³-hybridized carbons (Fsp3) is 0.250. The largest absolute Gasteiger partial charge is 0.340 e. The van der Waals surface area contributed by atoms with Crippen molar-refractivity contribution < 1.29 is 0 Å². The maximum atomic E-state index is 4.38. The van der Waals surface area contributed by atoms with E-state index in [1.54, 1.807) is 0 Å². The van der Waals surface area contributed by atoms with Gasteiger partial charge in [0, 0.05) is 34.1 Å². The lowest BCUT2D eigenvalue weighted by atomic mass is 10.1. The molecule has 92 valence electrons. The van der Waals surface area contributed by atoms with E-state index in [-0.39, 0.29) is 0 Å². The smallest absolute Gasteiger partial charge is 0.0491 e. The van der Waals surface area contributed by atoms with Crippen molar-refractivity contribution in [1.29, 1.82) is 0 Å². The summed E-state index contributed by atoms with van der Waals surface area (Å²) in [5.74, 6) is 0.862. The van der Waals surface area contributed by atoms with Crippen molar-refractivity contribution in [3.05, 3.63) is 47.5 Å². The monoisotopic (exact) mass is 255 g/mol. The Morgan fingerprint density at radius 1 is 0.889 bits per heavy atom. The summed E-state index contributed by atoms with van der Waals surface area (Å²) in [4.78, 5) is 0. The molecule has 1 nitrogen and oxygen atoms in total. The predicted octanol–water partition coefficient (Wildman–Crippen LogP) is 4.34. The third kappa shape index (κ3) is 1.72. The van der Waals surface area contributed by atoms with Gasteiger partial charge >= 0.3 is 0 Å². The van der Waals surface area contributed by atoms with E-state index in [2.05, 4.69) is 67.4 Å². The number of aryl methyl sites for hydroxylation is 3. The van der Waals surface area contributed by atoms with Crippen molar-refractivity contribution in [3.8, 4) is 0 Å². The molecule has 0 unspecified atom stereocenters. The van der Waals surface area contributed by atoms with Crippen LogP contribution in [0.4, 0.5) is 0 Å². The fourth-order valence-corrected chi connectivity index (χ4v) is 2.87. The minimum absolute atomic E-state index is 0.862. The summed E-state index contributed by atoms with van der Waals surface area (Å²) < 4.78 is 2.37. The summed E-state index contributed by atoms with van der Waals surface area (Å²) in [5.41, 5.74) is 5.26. The predicted molar refractivity (Wildman–Crippen MR) is 82.8 cm³/mol. The lowest BCUT2D eigenvalue weighted by molar-refractivity contribution is 0.840. The molecule has 2 heteroatoms. The lowest BCUT2D eigenvalue weighted by Gasteiger charge is -2.04. The van der Waals surface area contributed by atoms with Crippen LogP contribution in [0.3, 0.4) is 0 Å². The Balaban J connectivity index is 2.48. The average molecular weight is 255 g/mol. The third-order valence-electron chi connectivity index (χ3n) is 3.50. The van der Waals surface area contributed by atoms with Gasteiger partial charge in [0.25, 0.3) is 0 Å². The Morgan fingerprint density at radius 3 is 1.83 bits per heavy atom. The number of nitrogens with zero attached hydrogens (tertiary/aromatic N) is 1. The third-order valence-corrected chi connectivity index (χ3v) is 3.70. The van der Waals surface area contributed by atoms with E-state index in [0.717, 1.165) is 12.3 Å². The summed E-state index contributed by atoms with van der Waals surface area (Å²) in [6, 6.07) is 13.4. The Kier molecular flexibility index (Phi) is 2.83. The topological polar surface area (TPSA) is 4.93 Å². The van der Waals surface area contributed by atoms with Gasteiger partial charge in [0.2, 0.25) is 0 Å². The van der Waals surface area contributed by atoms with E-state index < -0.39 is 0 Å². The lowest BCUT2D eigenvalue weighted by Crippen LogP contribution is -1.98. The van der Waals surface area contributed by atoms with Gasteiger partial charge in [-0.25, -0.2) is 0 Å². The molecule has 3 aromatic rings. The van der Waals surface area contributed by atoms with Crippen molar-refractivity contribution >= 4 is 34.4 Å².